The van der Waals surface area contributed by atoms with Crippen molar-refractivity contribution < 1.29 is 10.2 Å². The maximum atomic E-state index is 11.6. The van der Waals surface area contributed by atoms with E-state index < -0.39 is 5.60 Å². The van der Waals surface area contributed by atoms with Gasteiger partial charge >= 0.3 is 0 Å². The third-order valence-corrected chi connectivity index (χ3v) is 11.0. The number of fused-ring (bicyclic) bond motifs is 5. The first-order chi connectivity index (χ1) is 13.6. The Bertz CT molecular complexity index is 587. The highest BCUT2D eigenvalue weighted by atomic mass is 16.3. The van der Waals surface area contributed by atoms with Crippen molar-refractivity contribution in [1.29, 1.82) is 0 Å². The summed E-state index contributed by atoms with van der Waals surface area (Å²) in [5, 5.41) is 21.8. The molecular formula is C27H48O2. The first kappa shape index (κ1) is 22.1. The van der Waals surface area contributed by atoms with Crippen LogP contribution in [0.2, 0.25) is 0 Å². The Morgan fingerprint density at radius 2 is 1.62 bits per heavy atom. The summed E-state index contributed by atoms with van der Waals surface area (Å²) in [5.41, 5.74) is -0.0719. The Kier molecular flexibility index (Phi) is 5.95. The van der Waals surface area contributed by atoms with Crippen molar-refractivity contribution in [3.63, 3.8) is 0 Å². The quantitative estimate of drug-likeness (QED) is 0.543. The van der Waals surface area contributed by atoms with E-state index in [2.05, 4.69) is 34.6 Å². The van der Waals surface area contributed by atoms with Gasteiger partial charge in [-0.1, -0.05) is 53.9 Å². The lowest BCUT2D eigenvalue weighted by atomic mass is 9.43. The number of aliphatic hydroxyl groups is 2. The maximum Gasteiger partial charge on any atom is 0.0728 e. The Hall–Kier alpha value is -0.0800. The van der Waals surface area contributed by atoms with Gasteiger partial charge in [0.2, 0.25) is 0 Å². The van der Waals surface area contributed by atoms with Gasteiger partial charge in [0.05, 0.1) is 11.7 Å². The second kappa shape index (κ2) is 7.80. The molecule has 4 rings (SSSR count). The first-order valence-corrected chi connectivity index (χ1v) is 13.0. The predicted octanol–water partition coefficient (Wildman–Crippen LogP) is 6.58. The second-order valence-corrected chi connectivity index (χ2v) is 12.8. The molecule has 0 unspecified atom stereocenters. The standard InChI is InChI=1S/C27H48O2/c1-18(2)7-6-8-19(3)22-9-10-23-21-12-16-27(29)17-20(28)11-15-26(27,5)24(21)13-14-25(22,23)4/h18-24,28-29H,6-17H2,1-5H3/t19-,20+,21-,22-,23+,24-,25+,26+,27+/m0/s1. The summed E-state index contributed by atoms with van der Waals surface area (Å²) < 4.78 is 0. The molecule has 0 heterocycles. The Labute approximate surface area is 180 Å². The van der Waals surface area contributed by atoms with Gasteiger partial charge in [0.15, 0.2) is 0 Å². The van der Waals surface area contributed by atoms with E-state index in [1.54, 1.807) is 0 Å². The number of aliphatic hydroxyl groups excluding tert-OH is 1. The van der Waals surface area contributed by atoms with Crippen LogP contribution in [0.15, 0.2) is 0 Å². The van der Waals surface area contributed by atoms with Crippen molar-refractivity contribution in [2.24, 2.45) is 46.3 Å². The molecule has 2 heteroatoms. The van der Waals surface area contributed by atoms with E-state index >= 15 is 0 Å². The van der Waals surface area contributed by atoms with Crippen LogP contribution in [-0.2, 0) is 0 Å². The molecule has 2 N–H and O–H groups in total. The lowest BCUT2D eigenvalue weighted by Gasteiger charge is -2.64. The van der Waals surface area contributed by atoms with Gasteiger partial charge in [0, 0.05) is 6.42 Å². The van der Waals surface area contributed by atoms with Crippen molar-refractivity contribution in [2.75, 3.05) is 0 Å². The highest BCUT2D eigenvalue weighted by Gasteiger charge is 2.64. The monoisotopic (exact) mass is 404 g/mol. The van der Waals surface area contributed by atoms with E-state index in [1.807, 2.05) is 0 Å². The third-order valence-electron chi connectivity index (χ3n) is 11.0. The van der Waals surface area contributed by atoms with Crippen LogP contribution in [0.5, 0.6) is 0 Å². The Balaban J connectivity index is 1.49. The fourth-order valence-electron chi connectivity index (χ4n) is 9.25. The van der Waals surface area contributed by atoms with Crippen molar-refractivity contribution in [3.05, 3.63) is 0 Å². The molecule has 29 heavy (non-hydrogen) atoms. The molecule has 9 atom stereocenters. The predicted molar refractivity (Wildman–Crippen MR) is 121 cm³/mol. The molecular weight excluding hydrogens is 356 g/mol. The minimum atomic E-state index is -0.623. The van der Waals surface area contributed by atoms with Crippen molar-refractivity contribution in [1.82, 2.24) is 0 Å². The highest BCUT2D eigenvalue weighted by molar-refractivity contribution is 5.14. The molecule has 0 radical (unpaired) electrons. The van der Waals surface area contributed by atoms with Crippen LogP contribution in [0.25, 0.3) is 0 Å². The number of rotatable bonds is 5. The molecule has 0 aliphatic heterocycles. The van der Waals surface area contributed by atoms with Crippen molar-refractivity contribution >= 4 is 0 Å². The van der Waals surface area contributed by atoms with Crippen LogP contribution in [0.4, 0.5) is 0 Å². The van der Waals surface area contributed by atoms with Gasteiger partial charge in [0.1, 0.15) is 0 Å². The topological polar surface area (TPSA) is 40.5 Å². The zero-order valence-corrected chi connectivity index (χ0v) is 19.9. The van der Waals surface area contributed by atoms with E-state index in [0.717, 1.165) is 48.9 Å². The molecule has 4 aliphatic carbocycles. The zero-order valence-electron chi connectivity index (χ0n) is 19.9. The summed E-state index contributed by atoms with van der Waals surface area (Å²) in [6.07, 6.45) is 14.1. The van der Waals surface area contributed by atoms with E-state index in [4.69, 9.17) is 0 Å². The lowest BCUT2D eigenvalue weighted by Crippen LogP contribution is -2.62. The van der Waals surface area contributed by atoms with Crippen molar-refractivity contribution in [2.45, 2.75) is 123 Å². The molecule has 0 spiro atoms. The molecule has 168 valence electrons. The summed E-state index contributed by atoms with van der Waals surface area (Å²) in [6, 6.07) is 0. The third kappa shape index (κ3) is 3.53. The molecule has 4 saturated carbocycles. The summed E-state index contributed by atoms with van der Waals surface area (Å²) in [5.74, 6) is 4.94. The first-order valence-electron chi connectivity index (χ1n) is 13.0. The van der Waals surface area contributed by atoms with Gasteiger partial charge in [-0.25, -0.2) is 0 Å². The van der Waals surface area contributed by atoms with Gasteiger partial charge in [-0.2, -0.15) is 0 Å². The molecule has 2 nitrogen and oxygen atoms in total. The van der Waals surface area contributed by atoms with E-state index in [0.29, 0.717) is 17.8 Å². The molecule has 4 fully saturated rings. The summed E-state index contributed by atoms with van der Waals surface area (Å²) in [4.78, 5) is 0. The molecule has 0 aromatic rings. The lowest BCUT2D eigenvalue weighted by molar-refractivity contribution is -0.220. The highest BCUT2D eigenvalue weighted by Crippen LogP contribution is 2.69. The molecule has 0 bridgehead atoms. The fourth-order valence-corrected chi connectivity index (χ4v) is 9.25. The van der Waals surface area contributed by atoms with Crippen LogP contribution in [-0.4, -0.2) is 21.9 Å². The minimum absolute atomic E-state index is 0.0252. The number of hydrogen-bond acceptors (Lipinski definition) is 2. The molecule has 0 saturated heterocycles. The van der Waals surface area contributed by atoms with Gasteiger partial charge in [-0.05, 0) is 97.7 Å². The van der Waals surface area contributed by atoms with Crippen LogP contribution in [0.1, 0.15) is 112 Å². The van der Waals surface area contributed by atoms with Gasteiger partial charge in [0.25, 0.3) is 0 Å². The van der Waals surface area contributed by atoms with Gasteiger partial charge < -0.3 is 10.2 Å². The van der Waals surface area contributed by atoms with E-state index in [9.17, 15) is 10.2 Å². The van der Waals surface area contributed by atoms with Gasteiger partial charge in [-0.3, -0.25) is 0 Å². The van der Waals surface area contributed by atoms with Gasteiger partial charge in [-0.15, -0.1) is 0 Å². The summed E-state index contributed by atoms with van der Waals surface area (Å²) in [7, 11) is 0. The molecule has 0 aromatic heterocycles. The fraction of sp³-hybridized carbons (Fsp3) is 1.00. The largest absolute Gasteiger partial charge is 0.393 e. The SMILES string of the molecule is CC(C)CCC[C@H](C)[C@@H]1CC[C@@H]2[C@@H]3CC[C@@]4(O)C[C@H](O)CC[C@]4(C)[C@H]3CC[C@@]21C. The number of hydrogen-bond donors (Lipinski definition) is 2. The van der Waals surface area contributed by atoms with E-state index in [1.165, 1.54) is 51.4 Å². The summed E-state index contributed by atoms with van der Waals surface area (Å²) >= 11 is 0. The van der Waals surface area contributed by atoms with Crippen LogP contribution in [0, 0.1) is 46.3 Å². The maximum absolute atomic E-state index is 11.6. The second-order valence-electron chi connectivity index (χ2n) is 12.8. The summed E-state index contributed by atoms with van der Waals surface area (Å²) in [6.45, 7) is 12.3. The average Bonchev–Trinajstić information content (AvgIpc) is 2.99. The van der Waals surface area contributed by atoms with Crippen LogP contribution >= 0.6 is 0 Å². The van der Waals surface area contributed by atoms with Crippen LogP contribution in [0.3, 0.4) is 0 Å². The Morgan fingerprint density at radius 3 is 2.34 bits per heavy atom. The normalized spacial score (nSPS) is 50.7. The zero-order chi connectivity index (χ0) is 21.0. The molecule has 0 aromatic carbocycles. The average molecular weight is 405 g/mol. The van der Waals surface area contributed by atoms with Crippen molar-refractivity contribution in [3.8, 4) is 0 Å². The Morgan fingerprint density at radius 1 is 0.862 bits per heavy atom. The van der Waals surface area contributed by atoms with Crippen LogP contribution < -0.4 is 0 Å². The molecule has 0 amide bonds. The minimum Gasteiger partial charge on any atom is -0.393 e. The smallest absolute Gasteiger partial charge is 0.0728 e. The van der Waals surface area contributed by atoms with E-state index in [-0.39, 0.29) is 11.5 Å². The molecule has 4 aliphatic rings.